The van der Waals surface area contributed by atoms with E-state index in [4.69, 9.17) is 22.8 Å². The van der Waals surface area contributed by atoms with Crippen molar-refractivity contribution in [1.29, 1.82) is 0 Å². The number of halogens is 2. The van der Waals surface area contributed by atoms with Gasteiger partial charge in [-0.2, -0.15) is 0 Å². The van der Waals surface area contributed by atoms with Gasteiger partial charge in [-0.15, -0.1) is 30.4 Å². The van der Waals surface area contributed by atoms with E-state index in [1.165, 1.54) is 0 Å². The Labute approximate surface area is 159 Å². The fraction of sp³-hybridized carbons (Fsp3) is 0.438. The van der Waals surface area contributed by atoms with Gasteiger partial charge in [0.1, 0.15) is 5.75 Å². The second kappa shape index (κ2) is 9.73. The van der Waals surface area contributed by atoms with Crippen molar-refractivity contribution in [3.05, 3.63) is 23.2 Å². The molecule has 1 saturated heterocycles. The molecule has 1 unspecified atom stereocenters. The highest BCUT2D eigenvalue weighted by Crippen LogP contribution is 2.33. The summed E-state index contributed by atoms with van der Waals surface area (Å²) < 4.78 is 5.42. The Balaban J connectivity index is 0.00000264. The predicted octanol–water partition coefficient (Wildman–Crippen LogP) is 2.34. The van der Waals surface area contributed by atoms with E-state index in [2.05, 4.69) is 26.4 Å². The maximum atomic E-state index is 6.11. The summed E-state index contributed by atoms with van der Waals surface area (Å²) in [6.45, 7) is 2.24. The molecule has 23 heavy (non-hydrogen) atoms. The maximum Gasteiger partial charge on any atom is 0.192 e. The van der Waals surface area contributed by atoms with E-state index in [1.54, 1.807) is 14.2 Å². The van der Waals surface area contributed by atoms with Crippen molar-refractivity contribution < 1.29 is 4.74 Å². The van der Waals surface area contributed by atoms with Gasteiger partial charge >= 0.3 is 0 Å². The summed E-state index contributed by atoms with van der Waals surface area (Å²) in [7, 11) is 3.41. The third-order valence-electron chi connectivity index (χ3n) is 3.59. The zero-order valence-electron chi connectivity index (χ0n) is 13.3. The van der Waals surface area contributed by atoms with Crippen molar-refractivity contribution in [2.45, 2.75) is 12.5 Å². The average Bonchev–Trinajstić information content (AvgIpc) is 2.99. The number of guanidine groups is 1. The molecule has 0 spiro atoms. The number of nitrogens with zero attached hydrogens (tertiary/aromatic N) is 2. The van der Waals surface area contributed by atoms with Crippen LogP contribution in [-0.2, 0) is 0 Å². The first-order valence-electron chi connectivity index (χ1n) is 7.17. The first-order chi connectivity index (χ1) is 10.7. The molecule has 1 aliphatic rings. The van der Waals surface area contributed by atoms with Crippen molar-refractivity contribution in [3.8, 4) is 18.1 Å². The van der Waals surface area contributed by atoms with Crippen molar-refractivity contribution in [2.75, 3.05) is 38.7 Å². The van der Waals surface area contributed by atoms with Gasteiger partial charge in [0.15, 0.2) is 5.96 Å². The normalized spacial score (nSPS) is 17.2. The molecule has 0 amide bonds. The molecule has 1 aliphatic heterocycles. The van der Waals surface area contributed by atoms with Crippen LogP contribution in [0.2, 0.25) is 5.02 Å². The lowest BCUT2D eigenvalue weighted by Gasteiger charge is -2.22. The van der Waals surface area contributed by atoms with Crippen LogP contribution in [-0.4, -0.2) is 45.8 Å². The molecular formula is C16H22ClIN4O. The Morgan fingerprint density at radius 2 is 2.35 bits per heavy atom. The van der Waals surface area contributed by atoms with Crippen molar-refractivity contribution >= 4 is 47.2 Å². The smallest absolute Gasteiger partial charge is 0.192 e. The van der Waals surface area contributed by atoms with E-state index in [0.29, 0.717) is 17.6 Å². The number of nitrogens with one attached hydrogen (secondary N) is 2. The number of benzene rings is 1. The second-order valence-electron chi connectivity index (χ2n) is 5.02. The zero-order valence-corrected chi connectivity index (χ0v) is 16.4. The van der Waals surface area contributed by atoms with E-state index < -0.39 is 0 Å². The zero-order chi connectivity index (χ0) is 15.9. The molecular weight excluding hydrogens is 427 g/mol. The van der Waals surface area contributed by atoms with Crippen LogP contribution >= 0.6 is 35.6 Å². The number of rotatable bonds is 4. The predicted molar refractivity (Wildman–Crippen MR) is 107 cm³/mol. The van der Waals surface area contributed by atoms with Gasteiger partial charge in [0.2, 0.25) is 0 Å². The molecule has 0 radical (unpaired) electrons. The number of anilines is 1. The van der Waals surface area contributed by atoms with E-state index in [1.807, 2.05) is 18.2 Å². The molecule has 0 saturated carbocycles. The van der Waals surface area contributed by atoms with E-state index >= 15 is 0 Å². The molecule has 0 aromatic heterocycles. The molecule has 7 heteroatoms. The van der Waals surface area contributed by atoms with Gasteiger partial charge in [-0.1, -0.05) is 17.5 Å². The van der Waals surface area contributed by atoms with Crippen LogP contribution in [0.3, 0.4) is 0 Å². The Hall–Kier alpha value is -1.33. The van der Waals surface area contributed by atoms with Crippen LogP contribution < -0.4 is 20.3 Å². The highest BCUT2D eigenvalue weighted by molar-refractivity contribution is 14.0. The summed E-state index contributed by atoms with van der Waals surface area (Å²) in [6.07, 6.45) is 6.26. The second-order valence-corrected chi connectivity index (χ2v) is 5.46. The lowest BCUT2D eigenvalue weighted by molar-refractivity contribution is 0.415. The maximum absolute atomic E-state index is 6.11. The summed E-state index contributed by atoms with van der Waals surface area (Å²) in [5.41, 5.74) is 1.02. The number of hydrogen-bond donors (Lipinski definition) is 2. The molecule has 126 valence electrons. The Bertz CT molecular complexity index is 588. The van der Waals surface area contributed by atoms with Crippen LogP contribution in [0, 0.1) is 12.3 Å². The van der Waals surface area contributed by atoms with Crippen molar-refractivity contribution in [1.82, 2.24) is 10.6 Å². The van der Waals surface area contributed by atoms with Gasteiger partial charge in [0, 0.05) is 31.2 Å². The summed E-state index contributed by atoms with van der Waals surface area (Å²) >= 11 is 6.11. The monoisotopic (exact) mass is 448 g/mol. The molecule has 1 aromatic carbocycles. The standard InChI is InChI=1S/C16H21ClN4O.HI/c1-4-8-19-16(18-2)20-13-7-9-21(11-13)14-10-12(17)5-6-15(14)22-3;/h1,5-6,10,13H,7-9,11H2,2-3H3,(H2,18,19,20);1H. The number of aliphatic imine (C=N–C) groups is 1. The summed E-state index contributed by atoms with van der Waals surface area (Å²) in [5.74, 6) is 4.10. The molecule has 0 aliphatic carbocycles. The number of methoxy groups -OCH3 is 1. The fourth-order valence-electron chi connectivity index (χ4n) is 2.53. The Morgan fingerprint density at radius 1 is 1.57 bits per heavy atom. The molecule has 5 nitrogen and oxygen atoms in total. The minimum Gasteiger partial charge on any atom is -0.495 e. The largest absolute Gasteiger partial charge is 0.495 e. The van der Waals surface area contributed by atoms with Gasteiger partial charge in [0.25, 0.3) is 0 Å². The SMILES string of the molecule is C#CCNC(=NC)NC1CCN(c2cc(Cl)ccc2OC)C1.I. The van der Waals surface area contributed by atoms with Crippen LogP contribution in [0.4, 0.5) is 5.69 Å². The molecule has 1 aromatic rings. The molecule has 2 rings (SSSR count). The average molecular weight is 449 g/mol. The fourth-order valence-corrected chi connectivity index (χ4v) is 2.70. The van der Waals surface area contributed by atoms with Gasteiger partial charge in [-0.3, -0.25) is 4.99 Å². The molecule has 1 fully saturated rings. The highest BCUT2D eigenvalue weighted by atomic mass is 127. The number of terminal acetylenes is 1. The molecule has 1 atom stereocenters. The topological polar surface area (TPSA) is 48.9 Å². The molecule has 2 N–H and O–H groups in total. The molecule has 0 bridgehead atoms. The van der Waals surface area contributed by atoms with Crippen LogP contribution in [0.1, 0.15) is 6.42 Å². The number of hydrogen-bond acceptors (Lipinski definition) is 3. The first-order valence-corrected chi connectivity index (χ1v) is 7.55. The highest BCUT2D eigenvalue weighted by Gasteiger charge is 2.25. The lowest BCUT2D eigenvalue weighted by atomic mass is 10.2. The molecule has 1 heterocycles. The van der Waals surface area contributed by atoms with Gasteiger partial charge in [-0.25, -0.2) is 0 Å². The van der Waals surface area contributed by atoms with Gasteiger partial charge in [-0.05, 0) is 24.6 Å². The van der Waals surface area contributed by atoms with Crippen LogP contribution in [0.15, 0.2) is 23.2 Å². The number of ether oxygens (including phenoxy) is 1. The van der Waals surface area contributed by atoms with Crippen LogP contribution in [0.5, 0.6) is 5.75 Å². The third kappa shape index (κ3) is 5.36. The summed E-state index contributed by atoms with van der Waals surface area (Å²) in [6, 6.07) is 5.97. The summed E-state index contributed by atoms with van der Waals surface area (Å²) in [5, 5.41) is 7.16. The first kappa shape index (κ1) is 19.7. The quantitative estimate of drug-likeness (QED) is 0.321. The van der Waals surface area contributed by atoms with Gasteiger partial charge < -0.3 is 20.3 Å². The Kier molecular flexibility index (Phi) is 8.34. The summed E-state index contributed by atoms with van der Waals surface area (Å²) in [4.78, 5) is 6.43. The van der Waals surface area contributed by atoms with E-state index in [9.17, 15) is 0 Å². The Morgan fingerprint density at radius 3 is 3.00 bits per heavy atom. The lowest BCUT2D eigenvalue weighted by Crippen LogP contribution is -2.44. The van der Waals surface area contributed by atoms with Crippen molar-refractivity contribution in [3.63, 3.8) is 0 Å². The minimum absolute atomic E-state index is 0. The van der Waals surface area contributed by atoms with Crippen LogP contribution in [0.25, 0.3) is 0 Å². The van der Waals surface area contributed by atoms with Gasteiger partial charge in [0.05, 0.1) is 19.3 Å². The minimum atomic E-state index is 0. The van der Waals surface area contributed by atoms with E-state index in [0.717, 1.165) is 36.9 Å². The van der Waals surface area contributed by atoms with E-state index in [-0.39, 0.29) is 24.0 Å². The third-order valence-corrected chi connectivity index (χ3v) is 3.83. The van der Waals surface area contributed by atoms with Crippen molar-refractivity contribution in [2.24, 2.45) is 4.99 Å².